The number of esters is 1. The van der Waals surface area contributed by atoms with Crippen LogP contribution < -0.4 is 9.64 Å². The van der Waals surface area contributed by atoms with Gasteiger partial charge in [-0.25, -0.2) is 0 Å². The Morgan fingerprint density at radius 3 is 2.22 bits per heavy atom. The van der Waals surface area contributed by atoms with Crippen molar-refractivity contribution >= 4 is 34.8 Å². The number of nitro benzene ring substituents is 1. The summed E-state index contributed by atoms with van der Waals surface area (Å²) in [6.45, 7) is 4.98. The highest BCUT2D eigenvalue weighted by Gasteiger charge is 2.47. The molecule has 182 valence electrons. The van der Waals surface area contributed by atoms with Crippen molar-refractivity contribution in [3.8, 4) is 5.75 Å². The van der Waals surface area contributed by atoms with Crippen LogP contribution in [0.25, 0.3) is 5.76 Å². The van der Waals surface area contributed by atoms with Gasteiger partial charge in [0.05, 0.1) is 16.5 Å². The molecule has 0 bridgehead atoms. The number of carbonyl (C=O) groups excluding carboxylic acids is 3. The van der Waals surface area contributed by atoms with Gasteiger partial charge in [-0.1, -0.05) is 18.2 Å². The molecule has 1 N–H and O–H groups in total. The summed E-state index contributed by atoms with van der Waals surface area (Å²) in [4.78, 5) is 49.9. The molecule has 1 atom stereocenters. The van der Waals surface area contributed by atoms with Gasteiger partial charge in [-0.2, -0.15) is 0 Å². The summed E-state index contributed by atoms with van der Waals surface area (Å²) in [5, 5.41) is 22.2. The number of nitrogens with zero attached hydrogens (tertiary/aromatic N) is 2. The Hall–Kier alpha value is -4.79. The van der Waals surface area contributed by atoms with Crippen LogP contribution in [-0.2, 0) is 14.4 Å². The largest absolute Gasteiger partial charge is 0.507 e. The van der Waals surface area contributed by atoms with Crippen LogP contribution in [0.2, 0.25) is 0 Å². The molecule has 3 aromatic rings. The number of aliphatic hydroxyl groups excluding tert-OH is 1. The minimum absolute atomic E-state index is 0.139. The third-order valence-corrected chi connectivity index (χ3v) is 5.72. The van der Waals surface area contributed by atoms with Crippen LogP contribution in [0.4, 0.5) is 11.4 Å². The molecule has 0 aliphatic carbocycles. The number of hydrogen-bond acceptors (Lipinski definition) is 7. The number of hydrogen-bond donors (Lipinski definition) is 1. The Morgan fingerprint density at radius 2 is 1.64 bits per heavy atom. The molecular weight excluding hydrogens is 464 g/mol. The van der Waals surface area contributed by atoms with E-state index in [1.165, 1.54) is 42.2 Å². The van der Waals surface area contributed by atoms with Crippen molar-refractivity contribution in [3.63, 3.8) is 0 Å². The van der Waals surface area contributed by atoms with E-state index in [4.69, 9.17) is 4.74 Å². The first kappa shape index (κ1) is 24.3. The Kier molecular flexibility index (Phi) is 6.39. The lowest BCUT2D eigenvalue weighted by Gasteiger charge is -2.26. The molecule has 1 saturated heterocycles. The van der Waals surface area contributed by atoms with E-state index in [1.807, 2.05) is 19.9 Å². The fourth-order valence-electron chi connectivity index (χ4n) is 4.31. The minimum atomic E-state index is -1.04. The summed E-state index contributed by atoms with van der Waals surface area (Å²) in [5.41, 5.74) is 2.39. The molecule has 1 amide bonds. The molecule has 3 aromatic carbocycles. The van der Waals surface area contributed by atoms with Crippen molar-refractivity contribution in [2.45, 2.75) is 26.8 Å². The van der Waals surface area contributed by atoms with Crippen LogP contribution in [0.3, 0.4) is 0 Å². The lowest BCUT2D eigenvalue weighted by molar-refractivity contribution is -0.384. The van der Waals surface area contributed by atoms with Gasteiger partial charge in [0.2, 0.25) is 0 Å². The number of rotatable bonds is 5. The van der Waals surface area contributed by atoms with Crippen molar-refractivity contribution in [2.75, 3.05) is 4.90 Å². The standard InChI is InChI=1S/C27H22N2O7/c1-15-11-16(2)13-21(12-15)28-24(19-5-4-6-22(14-19)36-17(3)30)23(26(32)27(28)33)25(31)18-7-9-20(10-8-18)29(34)35/h4-14,24,31H,1-3H3/b25-23+. The maximum absolute atomic E-state index is 13.3. The fraction of sp³-hybridized carbons (Fsp3) is 0.148. The summed E-state index contributed by atoms with van der Waals surface area (Å²) in [6.07, 6.45) is 0. The van der Waals surface area contributed by atoms with Crippen molar-refractivity contribution in [1.82, 2.24) is 0 Å². The van der Waals surface area contributed by atoms with Gasteiger partial charge >= 0.3 is 5.97 Å². The number of Topliss-reactive ketones (excluding diaryl/α,β-unsaturated/α-hetero) is 1. The van der Waals surface area contributed by atoms with Crippen molar-refractivity contribution in [2.24, 2.45) is 0 Å². The summed E-state index contributed by atoms with van der Waals surface area (Å²) in [5.74, 6) is -2.56. The topological polar surface area (TPSA) is 127 Å². The predicted octanol–water partition coefficient (Wildman–Crippen LogP) is 4.76. The number of anilines is 1. The van der Waals surface area contributed by atoms with Gasteiger partial charge in [0, 0.05) is 30.3 Å². The fourth-order valence-corrected chi connectivity index (χ4v) is 4.31. The molecular formula is C27H22N2O7. The van der Waals surface area contributed by atoms with Gasteiger partial charge in [0.25, 0.3) is 17.4 Å². The van der Waals surface area contributed by atoms with Gasteiger partial charge in [-0.05, 0) is 66.9 Å². The molecule has 9 heteroatoms. The second-order valence-electron chi connectivity index (χ2n) is 8.49. The average molecular weight is 486 g/mol. The molecule has 1 aliphatic heterocycles. The lowest BCUT2D eigenvalue weighted by atomic mass is 9.94. The van der Waals surface area contributed by atoms with E-state index in [1.54, 1.807) is 30.3 Å². The molecule has 0 aromatic heterocycles. The summed E-state index contributed by atoms with van der Waals surface area (Å²) in [7, 11) is 0. The van der Waals surface area contributed by atoms with E-state index in [0.717, 1.165) is 11.1 Å². The molecule has 4 rings (SSSR count). The zero-order chi connectivity index (χ0) is 26.1. The molecule has 9 nitrogen and oxygen atoms in total. The van der Waals surface area contributed by atoms with E-state index in [-0.39, 0.29) is 22.6 Å². The molecule has 0 saturated carbocycles. The quantitative estimate of drug-likeness (QED) is 0.105. The number of non-ortho nitro benzene ring substituents is 1. The normalized spacial score (nSPS) is 16.8. The summed E-state index contributed by atoms with van der Waals surface area (Å²) < 4.78 is 5.19. The molecule has 1 fully saturated rings. The van der Waals surface area contributed by atoms with E-state index >= 15 is 0 Å². The Labute approximate surface area is 206 Å². The molecule has 0 radical (unpaired) electrons. The summed E-state index contributed by atoms with van der Waals surface area (Å²) in [6, 6.07) is 15.8. The van der Waals surface area contributed by atoms with Gasteiger partial charge < -0.3 is 9.84 Å². The first-order chi connectivity index (χ1) is 17.1. The molecule has 1 heterocycles. The molecule has 1 unspecified atom stereocenters. The number of amides is 1. The number of benzene rings is 3. The number of carbonyl (C=O) groups is 3. The smallest absolute Gasteiger partial charge is 0.308 e. The van der Waals surface area contributed by atoms with E-state index in [0.29, 0.717) is 11.3 Å². The van der Waals surface area contributed by atoms with E-state index in [9.17, 15) is 29.6 Å². The van der Waals surface area contributed by atoms with E-state index < -0.39 is 34.4 Å². The number of ether oxygens (including phenoxy) is 1. The Bertz CT molecular complexity index is 1420. The average Bonchev–Trinajstić information content (AvgIpc) is 3.08. The Balaban J connectivity index is 1.94. The van der Waals surface area contributed by atoms with Gasteiger partial charge in [0.15, 0.2) is 0 Å². The molecule has 0 spiro atoms. The number of ketones is 1. The highest BCUT2D eigenvalue weighted by Crippen LogP contribution is 2.43. The van der Waals surface area contributed by atoms with Gasteiger partial charge in [-0.3, -0.25) is 29.4 Å². The molecule has 36 heavy (non-hydrogen) atoms. The first-order valence-electron chi connectivity index (χ1n) is 11.0. The molecule has 1 aliphatic rings. The third-order valence-electron chi connectivity index (χ3n) is 5.72. The van der Waals surface area contributed by atoms with Crippen molar-refractivity contribution in [1.29, 1.82) is 0 Å². The highest BCUT2D eigenvalue weighted by atomic mass is 16.6. The number of aliphatic hydroxyl groups is 1. The SMILES string of the molecule is CC(=O)Oc1cccc(C2/C(=C(\O)c3ccc([N+](=O)[O-])cc3)C(=O)C(=O)N2c2cc(C)cc(C)c2)c1. The highest BCUT2D eigenvalue weighted by molar-refractivity contribution is 6.51. The predicted molar refractivity (Wildman–Crippen MR) is 132 cm³/mol. The number of nitro groups is 1. The monoisotopic (exact) mass is 486 g/mol. The van der Waals surface area contributed by atoms with E-state index in [2.05, 4.69) is 0 Å². The van der Waals surface area contributed by atoms with Crippen LogP contribution in [0.15, 0.2) is 72.3 Å². The summed E-state index contributed by atoms with van der Waals surface area (Å²) >= 11 is 0. The zero-order valence-electron chi connectivity index (χ0n) is 19.7. The van der Waals surface area contributed by atoms with Crippen molar-refractivity contribution < 1.29 is 29.2 Å². The lowest BCUT2D eigenvalue weighted by Crippen LogP contribution is -2.29. The maximum atomic E-state index is 13.3. The first-order valence-corrected chi connectivity index (χ1v) is 11.0. The minimum Gasteiger partial charge on any atom is -0.507 e. The third kappa shape index (κ3) is 4.58. The maximum Gasteiger partial charge on any atom is 0.308 e. The van der Waals surface area contributed by atoms with Gasteiger partial charge in [0.1, 0.15) is 11.5 Å². The second-order valence-corrected chi connectivity index (χ2v) is 8.49. The van der Waals surface area contributed by atoms with Crippen LogP contribution in [-0.4, -0.2) is 27.7 Å². The van der Waals surface area contributed by atoms with Gasteiger partial charge in [-0.15, -0.1) is 0 Å². The van der Waals surface area contributed by atoms with Crippen LogP contribution in [0, 0.1) is 24.0 Å². The van der Waals surface area contributed by atoms with Crippen LogP contribution in [0.1, 0.15) is 35.2 Å². The van der Waals surface area contributed by atoms with Crippen LogP contribution in [0.5, 0.6) is 5.75 Å². The zero-order valence-corrected chi connectivity index (χ0v) is 19.7. The number of aryl methyl sites for hydroxylation is 2. The van der Waals surface area contributed by atoms with Crippen LogP contribution >= 0.6 is 0 Å². The van der Waals surface area contributed by atoms with Crippen molar-refractivity contribution in [3.05, 3.63) is 105 Å². The Morgan fingerprint density at radius 1 is 1.00 bits per heavy atom. The second kappa shape index (κ2) is 9.46.